The largest absolute Gasteiger partial charge is 0.460 e. The van der Waals surface area contributed by atoms with Crippen molar-refractivity contribution in [2.45, 2.75) is 118 Å². The van der Waals surface area contributed by atoms with Crippen molar-refractivity contribution in [1.82, 2.24) is 20.4 Å². The maximum atomic E-state index is 17.1. The van der Waals surface area contributed by atoms with E-state index in [0.29, 0.717) is 56.5 Å². The molecule has 2 aromatic heterocycles. The summed E-state index contributed by atoms with van der Waals surface area (Å²) in [5.41, 5.74) is 7.35. The molecule has 2 N–H and O–H groups in total. The van der Waals surface area contributed by atoms with Crippen molar-refractivity contribution >= 4 is 134 Å². The molecule has 648 valence electrons. The van der Waals surface area contributed by atoms with Gasteiger partial charge >= 0.3 is 11.9 Å². The smallest absolute Gasteiger partial charge is 0.333 e. The summed E-state index contributed by atoms with van der Waals surface area (Å²) in [5, 5.41) is 10.8. The number of amides is 6. The molecular formula is C106H96N4O18. The summed E-state index contributed by atoms with van der Waals surface area (Å²) >= 11 is 0. The lowest BCUT2D eigenvalue weighted by molar-refractivity contribution is -0.141. The van der Waals surface area contributed by atoms with Crippen molar-refractivity contribution in [3.8, 4) is 46.0 Å². The number of aryl methyl sites for hydroxylation is 4. The van der Waals surface area contributed by atoms with Gasteiger partial charge in [-0.15, -0.1) is 0 Å². The molecule has 15 aromatic rings. The highest BCUT2D eigenvalue weighted by Gasteiger charge is 2.47. The lowest BCUT2D eigenvalue weighted by Gasteiger charge is -2.36. The van der Waals surface area contributed by atoms with E-state index in [2.05, 4.69) is 51.5 Å². The number of para-hydroxylation sites is 4. The third-order valence-corrected chi connectivity index (χ3v) is 23.5. The number of fused-ring (bicyclic) bond motifs is 8. The highest BCUT2D eigenvalue weighted by atomic mass is 16.6. The zero-order valence-electron chi connectivity index (χ0n) is 72.2. The van der Waals surface area contributed by atoms with E-state index in [1.807, 2.05) is 170 Å². The number of carbonyl (C=O) groups is 8. The number of rotatable bonds is 38. The third-order valence-electron chi connectivity index (χ3n) is 23.5. The molecule has 128 heavy (non-hydrogen) atoms. The average Bonchev–Trinajstić information content (AvgIpc) is 0.808. The molecule has 22 heteroatoms. The Balaban J connectivity index is 0.930. The second-order valence-corrected chi connectivity index (χ2v) is 32.5. The minimum atomic E-state index is -1.61. The first-order chi connectivity index (χ1) is 62.3. The van der Waals surface area contributed by atoms with E-state index in [9.17, 15) is 9.59 Å². The molecule has 13 aromatic carbocycles. The van der Waals surface area contributed by atoms with E-state index in [1.165, 1.54) is 13.8 Å². The van der Waals surface area contributed by atoms with Crippen LogP contribution in [0.15, 0.2) is 239 Å². The normalized spacial score (nSPS) is 13.1. The van der Waals surface area contributed by atoms with Gasteiger partial charge in [-0.05, 0) is 158 Å². The Morgan fingerprint density at radius 1 is 0.352 bits per heavy atom. The van der Waals surface area contributed by atoms with Crippen LogP contribution in [0, 0.1) is 0 Å². The fourth-order valence-electron chi connectivity index (χ4n) is 17.5. The lowest BCUT2D eigenvalue weighted by Crippen LogP contribution is -2.55. The van der Waals surface area contributed by atoms with Gasteiger partial charge in [0.25, 0.3) is 23.6 Å². The van der Waals surface area contributed by atoms with Gasteiger partial charge < -0.3 is 57.4 Å². The van der Waals surface area contributed by atoms with Crippen LogP contribution in [0.4, 0.5) is 0 Å². The van der Waals surface area contributed by atoms with Crippen molar-refractivity contribution in [3.05, 3.63) is 286 Å². The molecule has 22 nitrogen and oxygen atoms in total. The van der Waals surface area contributed by atoms with Crippen LogP contribution in [0.25, 0.3) is 87.0 Å². The molecule has 0 saturated heterocycles. The summed E-state index contributed by atoms with van der Waals surface area (Å²) in [6, 6.07) is 59.6. The maximum Gasteiger partial charge on any atom is 0.333 e. The Morgan fingerprint density at radius 3 is 0.945 bits per heavy atom. The van der Waals surface area contributed by atoms with Crippen LogP contribution in [-0.4, -0.2) is 122 Å². The zero-order chi connectivity index (χ0) is 89.0. The number of benzene rings is 13. The molecule has 2 aliphatic heterocycles. The molecule has 0 aliphatic carbocycles. The van der Waals surface area contributed by atoms with Gasteiger partial charge in [-0.2, -0.15) is 0 Å². The summed E-state index contributed by atoms with van der Waals surface area (Å²) in [6.07, 6.45) is 5.89. The quantitative estimate of drug-likeness (QED) is 0.00909. The predicted octanol–water partition coefficient (Wildman–Crippen LogP) is 21.4. The summed E-state index contributed by atoms with van der Waals surface area (Å²) < 4.78 is 65.3. The molecule has 2 aliphatic rings. The first-order valence-electron chi connectivity index (χ1n) is 43.6. The lowest BCUT2D eigenvalue weighted by atomic mass is 9.80. The van der Waals surface area contributed by atoms with E-state index in [1.54, 1.807) is 36.4 Å². The van der Waals surface area contributed by atoms with E-state index >= 15 is 28.8 Å². The molecule has 0 fully saturated rings. The monoisotopic (exact) mass is 1710 g/mol. The van der Waals surface area contributed by atoms with Crippen LogP contribution in [0.2, 0.25) is 0 Å². The molecule has 6 amide bonds. The number of nitrogens with zero attached hydrogens (tertiary/aromatic N) is 2. The van der Waals surface area contributed by atoms with Gasteiger partial charge in [-0.25, -0.2) is 9.59 Å². The number of imide groups is 2. The second kappa shape index (κ2) is 37.4. The van der Waals surface area contributed by atoms with E-state index < -0.39 is 59.5 Å². The fraction of sp³-hybridized carbons (Fsp3) is 0.245. The Bertz CT molecular complexity index is 6260. The van der Waals surface area contributed by atoms with Gasteiger partial charge in [-0.1, -0.05) is 188 Å². The van der Waals surface area contributed by atoms with Crippen LogP contribution in [0.1, 0.15) is 142 Å². The highest BCUT2D eigenvalue weighted by Crippen LogP contribution is 2.59. The third kappa shape index (κ3) is 16.9. The summed E-state index contributed by atoms with van der Waals surface area (Å²) in [7, 11) is 0. The van der Waals surface area contributed by atoms with Gasteiger partial charge in [0.2, 0.25) is 11.8 Å². The Hall–Kier alpha value is -14.5. The zero-order valence-corrected chi connectivity index (χ0v) is 72.2. The van der Waals surface area contributed by atoms with E-state index in [0.717, 1.165) is 105 Å². The summed E-state index contributed by atoms with van der Waals surface area (Å²) in [6.45, 7) is 18.2. The molecular weight excluding hydrogens is 1620 g/mol. The highest BCUT2D eigenvalue weighted by molar-refractivity contribution is 6.45. The molecule has 0 radical (unpaired) electrons. The van der Waals surface area contributed by atoms with Crippen LogP contribution >= 0.6 is 0 Å². The number of hydrogen-bond donors (Lipinski definition) is 2. The standard InChI is InChI=1S/C106H96N4O18/c1-9-19-63-31-39-69(40-32-63)123-85-57-77-89-78(102(114)109(101(77)113)81(99(111)107-47-49-119-51-53-121-105(117)61(5)6)55-67-23-17-27-75-73-25-13-15-29-83(73)127-97(67)75)59-87(125-71-43-35-65(21-11-3)36-44-71)93-94-88(126-72-45-37-66(22-12-4)38-46-72)60-80-90-79(58-86(92(96(90)94)91(85)95(89)93)124-70-41-33-64(20-10-2)34-42-70)103(115)110(104(80)116)82(100(112)108-48-50-120-52-54-122-106(118)62(7)8)56-68-24-18-28-76-74-26-14-16-30-84(74)128-98(68)76/h13-18,23-46,57-60,81-82H,5,7,9-12,19-22,47-56H2,1-4,6,8H3,(H,107,111)(H,108,112). The molecule has 2 unspecified atom stereocenters. The van der Waals surface area contributed by atoms with Crippen molar-refractivity contribution in [1.29, 1.82) is 0 Å². The second-order valence-electron chi connectivity index (χ2n) is 32.5. The van der Waals surface area contributed by atoms with Gasteiger partial charge in [0.1, 0.15) is 93.6 Å². The molecule has 0 spiro atoms. The van der Waals surface area contributed by atoms with Gasteiger partial charge in [0, 0.05) is 102 Å². The molecule has 17 rings (SSSR count). The van der Waals surface area contributed by atoms with Crippen molar-refractivity contribution in [3.63, 3.8) is 0 Å². The van der Waals surface area contributed by atoms with Gasteiger partial charge in [-0.3, -0.25) is 38.6 Å². The van der Waals surface area contributed by atoms with Crippen LogP contribution in [-0.2, 0) is 76.7 Å². The maximum absolute atomic E-state index is 17.1. The number of hydrogen-bond acceptors (Lipinski definition) is 18. The SMILES string of the molecule is C=C(C)C(=O)OCCOCCNC(=O)C(Cc1cccc2c1oc1ccccc12)N1C(=O)c2cc(Oc3ccc(CCC)cc3)c3c4c(Oc5ccc(CCC)cc5)cc5c6c(cc(Oc7ccc(CCC)cc7)c(c7c(Oc8ccc(CCC)cc8)cc(c2c37)C1=O)c64)C(=O)N(C(Cc1cccc2c1oc1ccccc12)C(=O)NCCOCCOC(=O)C(=C)C)C5=O. The minimum absolute atomic E-state index is 0.0138. The summed E-state index contributed by atoms with van der Waals surface area (Å²) in [5.74, 6) is -4.64. The van der Waals surface area contributed by atoms with Crippen molar-refractivity contribution in [2.24, 2.45) is 0 Å². The average molecular weight is 1710 g/mol. The topological polar surface area (TPSA) is 267 Å². The Morgan fingerprint density at radius 2 is 0.648 bits per heavy atom. The number of nitrogens with one attached hydrogen (secondary N) is 2. The number of carbonyl (C=O) groups excluding carboxylic acids is 8. The van der Waals surface area contributed by atoms with E-state index in [4.69, 9.17) is 46.7 Å². The molecule has 0 bridgehead atoms. The van der Waals surface area contributed by atoms with Crippen LogP contribution in [0.3, 0.4) is 0 Å². The first-order valence-corrected chi connectivity index (χ1v) is 43.6. The minimum Gasteiger partial charge on any atom is -0.460 e. The predicted molar refractivity (Wildman–Crippen MR) is 492 cm³/mol. The number of ether oxygens (including phenoxy) is 8. The molecule has 0 saturated carbocycles. The fourth-order valence-corrected chi connectivity index (χ4v) is 17.5. The van der Waals surface area contributed by atoms with Crippen LogP contribution < -0.4 is 29.6 Å². The number of furan rings is 2. The van der Waals surface area contributed by atoms with Gasteiger partial charge in [0.15, 0.2) is 0 Å². The van der Waals surface area contributed by atoms with Crippen LogP contribution in [0.5, 0.6) is 46.0 Å². The Kier molecular flexibility index (Phi) is 25.0. The number of esters is 2. The van der Waals surface area contributed by atoms with Gasteiger partial charge in [0.05, 0.1) is 48.7 Å². The molecule has 2 atom stereocenters. The van der Waals surface area contributed by atoms with Crippen molar-refractivity contribution in [2.75, 3.05) is 52.7 Å². The summed E-state index contributed by atoms with van der Waals surface area (Å²) in [4.78, 5) is 127. The molecule has 4 heterocycles. The first kappa shape index (κ1) is 85.7. The Labute approximate surface area is 738 Å². The van der Waals surface area contributed by atoms with Crippen molar-refractivity contribution < 1.29 is 85.1 Å². The van der Waals surface area contributed by atoms with E-state index in [-0.39, 0.29) is 165 Å².